The first-order valence-corrected chi connectivity index (χ1v) is 10.4. The van der Waals surface area contributed by atoms with Crippen LogP contribution in [0.1, 0.15) is 47.7 Å². The highest BCUT2D eigenvalue weighted by atomic mass is 32.2. The van der Waals surface area contributed by atoms with Crippen molar-refractivity contribution in [1.82, 2.24) is 10.3 Å². The molecule has 0 radical (unpaired) electrons. The van der Waals surface area contributed by atoms with Gasteiger partial charge in [-0.3, -0.25) is 9.59 Å². The largest absolute Gasteiger partial charge is 0.481 e. The van der Waals surface area contributed by atoms with Crippen molar-refractivity contribution >= 4 is 35.0 Å². The lowest BCUT2D eigenvalue weighted by Crippen LogP contribution is -2.42. The molecule has 2 N–H and O–H groups in total. The number of carboxylic acid groups (broad SMARTS) is 1. The zero-order chi connectivity index (χ0) is 19.2. The van der Waals surface area contributed by atoms with Gasteiger partial charge in [0.1, 0.15) is 0 Å². The number of benzene rings is 1. The second-order valence-corrected chi connectivity index (χ2v) is 8.26. The molecule has 1 aromatic carbocycles. The molecule has 0 unspecified atom stereocenters. The lowest BCUT2D eigenvalue weighted by molar-refractivity contribution is -0.149. The van der Waals surface area contributed by atoms with Crippen LogP contribution in [0, 0.1) is 12.3 Å². The van der Waals surface area contributed by atoms with Crippen LogP contribution in [0.4, 0.5) is 0 Å². The van der Waals surface area contributed by atoms with E-state index in [0.29, 0.717) is 18.4 Å². The molecule has 0 saturated heterocycles. The number of nitrogens with one attached hydrogen (secondary N) is 1. The Bertz CT molecular complexity index is 752. The van der Waals surface area contributed by atoms with Crippen molar-refractivity contribution in [3.63, 3.8) is 0 Å². The first-order chi connectivity index (χ1) is 12.4. The topological polar surface area (TPSA) is 79.3 Å². The summed E-state index contributed by atoms with van der Waals surface area (Å²) in [5.41, 5.74) is 0.686. The number of carbonyl (C=O) groups excluding carboxylic acids is 1. The lowest BCUT2D eigenvalue weighted by atomic mass is 9.82. The predicted octanol–water partition coefficient (Wildman–Crippen LogP) is 4.36. The number of thioether (sulfide) groups is 1. The summed E-state index contributed by atoms with van der Waals surface area (Å²) in [7, 11) is 0. The fraction of sp³-hybridized carbons (Fsp3) is 0.421. The molecule has 0 aliphatic carbocycles. The van der Waals surface area contributed by atoms with E-state index in [2.05, 4.69) is 15.7 Å². The number of aliphatic carboxylic acids is 1. The monoisotopic (exact) mass is 392 g/mol. The van der Waals surface area contributed by atoms with Crippen LogP contribution in [-0.4, -0.2) is 28.5 Å². The van der Waals surface area contributed by atoms with Crippen LogP contribution in [0.5, 0.6) is 0 Å². The first-order valence-electron chi connectivity index (χ1n) is 8.55. The SMILES string of the molecule is CCC(CC)(CNC(=O)c1ccc(SCc2csc(C)n2)cc1)C(=O)O. The van der Waals surface area contributed by atoms with Crippen LogP contribution >= 0.6 is 23.1 Å². The van der Waals surface area contributed by atoms with E-state index in [4.69, 9.17) is 0 Å². The molecule has 140 valence electrons. The maximum absolute atomic E-state index is 12.3. The molecule has 7 heteroatoms. The summed E-state index contributed by atoms with van der Waals surface area (Å²) in [5, 5.41) is 15.3. The summed E-state index contributed by atoms with van der Waals surface area (Å²) in [5.74, 6) is -0.319. The van der Waals surface area contributed by atoms with Gasteiger partial charge in [0.25, 0.3) is 5.91 Å². The Labute approximate surface area is 162 Å². The smallest absolute Gasteiger partial charge is 0.311 e. The van der Waals surface area contributed by atoms with Crippen molar-refractivity contribution in [3.8, 4) is 0 Å². The Hall–Kier alpha value is -1.86. The molecule has 0 saturated carbocycles. The van der Waals surface area contributed by atoms with Gasteiger partial charge in [-0.05, 0) is 44.0 Å². The zero-order valence-corrected chi connectivity index (χ0v) is 16.9. The molecule has 0 fully saturated rings. The van der Waals surface area contributed by atoms with Gasteiger partial charge in [-0.15, -0.1) is 23.1 Å². The number of carbonyl (C=O) groups is 2. The Morgan fingerprint density at radius 1 is 1.23 bits per heavy atom. The molecule has 0 aliphatic heterocycles. The van der Waals surface area contributed by atoms with Crippen LogP contribution < -0.4 is 5.32 Å². The molecule has 0 aliphatic rings. The van der Waals surface area contributed by atoms with E-state index in [1.807, 2.05) is 32.9 Å². The van der Waals surface area contributed by atoms with Gasteiger partial charge in [-0.1, -0.05) is 13.8 Å². The van der Waals surface area contributed by atoms with Gasteiger partial charge in [-0.2, -0.15) is 0 Å². The Morgan fingerprint density at radius 3 is 2.38 bits per heavy atom. The number of aryl methyl sites for hydroxylation is 1. The summed E-state index contributed by atoms with van der Waals surface area (Å²) in [6.45, 7) is 5.79. The van der Waals surface area contributed by atoms with Crippen molar-refractivity contribution < 1.29 is 14.7 Å². The maximum Gasteiger partial charge on any atom is 0.311 e. The predicted molar refractivity (Wildman–Crippen MR) is 106 cm³/mol. The van der Waals surface area contributed by atoms with Crippen LogP contribution in [0.3, 0.4) is 0 Å². The zero-order valence-electron chi connectivity index (χ0n) is 15.2. The summed E-state index contributed by atoms with van der Waals surface area (Å²) in [6, 6.07) is 7.35. The highest BCUT2D eigenvalue weighted by molar-refractivity contribution is 7.98. The lowest BCUT2D eigenvalue weighted by Gasteiger charge is -2.26. The third-order valence-electron chi connectivity index (χ3n) is 4.56. The molecule has 2 rings (SSSR count). The molecule has 1 aromatic heterocycles. The van der Waals surface area contributed by atoms with Crippen molar-refractivity contribution in [2.24, 2.45) is 5.41 Å². The van der Waals surface area contributed by atoms with Crippen LogP contribution in [0.25, 0.3) is 0 Å². The van der Waals surface area contributed by atoms with E-state index in [9.17, 15) is 14.7 Å². The number of aromatic nitrogens is 1. The fourth-order valence-corrected chi connectivity index (χ4v) is 4.07. The molecule has 2 aromatic rings. The second-order valence-electron chi connectivity index (χ2n) is 6.15. The average molecular weight is 393 g/mol. The summed E-state index contributed by atoms with van der Waals surface area (Å²) >= 11 is 3.31. The molecule has 0 bridgehead atoms. The van der Waals surface area contributed by atoms with Gasteiger partial charge in [-0.25, -0.2) is 4.98 Å². The van der Waals surface area contributed by atoms with Gasteiger partial charge in [0.15, 0.2) is 0 Å². The molecular formula is C19H24N2O3S2. The van der Waals surface area contributed by atoms with Crippen molar-refractivity contribution in [2.75, 3.05) is 6.54 Å². The van der Waals surface area contributed by atoms with E-state index >= 15 is 0 Å². The number of nitrogens with zero attached hydrogens (tertiary/aromatic N) is 1. The van der Waals surface area contributed by atoms with E-state index in [0.717, 1.165) is 21.3 Å². The van der Waals surface area contributed by atoms with E-state index in [1.54, 1.807) is 35.2 Å². The van der Waals surface area contributed by atoms with Gasteiger partial charge in [0.05, 0.1) is 16.1 Å². The third-order valence-corrected chi connectivity index (χ3v) is 6.43. The summed E-state index contributed by atoms with van der Waals surface area (Å²) in [6.07, 6.45) is 0.954. The minimum absolute atomic E-state index is 0.133. The number of hydrogen-bond donors (Lipinski definition) is 2. The van der Waals surface area contributed by atoms with E-state index in [1.165, 1.54) is 0 Å². The molecule has 0 spiro atoms. The Kier molecular flexibility index (Phi) is 7.23. The van der Waals surface area contributed by atoms with Gasteiger partial charge >= 0.3 is 5.97 Å². The second kappa shape index (κ2) is 9.19. The molecular weight excluding hydrogens is 368 g/mol. The van der Waals surface area contributed by atoms with Crippen LogP contribution in [0.15, 0.2) is 34.5 Å². The van der Waals surface area contributed by atoms with Crippen LogP contribution in [0.2, 0.25) is 0 Å². The van der Waals surface area contributed by atoms with Crippen molar-refractivity contribution in [2.45, 2.75) is 44.3 Å². The number of carboxylic acids is 1. The number of hydrogen-bond acceptors (Lipinski definition) is 5. The average Bonchev–Trinajstić information content (AvgIpc) is 3.06. The fourth-order valence-electron chi connectivity index (χ4n) is 2.56. The Morgan fingerprint density at radius 2 is 1.88 bits per heavy atom. The highest BCUT2D eigenvalue weighted by Crippen LogP contribution is 2.26. The van der Waals surface area contributed by atoms with Crippen molar-refractivity contribution in [1.29, 1.82) is 0 Å². The quantitative estimate of drug-likeness (QED) is 0.620. The third kappa shape index (κ3) is 5.08. The maximum atomic E-state index is 12.3. The minimum atomic E-state index is -0.906. The Balaban J connectivity index is 1.92. The number of amides is 1. The minimum Gasteiger partial charge on any atom is -0.481 e. The van der Waals surface area contributed by atoms with Crippen molar-refractivity contribution in [3.05, 3.63) is 45.9 Å². The molecule has 5 nitrogen and oxygen atoms in total. The summed E-state index contributed by atoms with van der Waals surface area (Å²) in [4.78, 5) is 29.3. The standard InChI is InChI=1S/C19H24N2O3S2/c1-4-19(5-2,18(23)24)12-20-17(22)14-6-8-16(9-7-14)26-11-15-10-25-13(3)21-15/h6-10H,4-5,11-12H2,1-3H3,(H,20,22)(H,23,24). The molecule has 26 heavy (non-hydrogen) atoms. The van der Waals surface area contributed by atoms with Gasteiger partial charge in [0, 0.05) is 28.1 Å². The van der Waals surface area contributed by atoms with E-state index in [-0.39, 0.29) is 12.5 Å². The van der Waals surface area contributed by atoms with Gasteiger partial charge < -0.3 is 10.4 Å². The molecule has 1 heterocycles. The molecule has 0 atom stereocenters. The molecule has 1 amide bonds. The van der Waals surface area contributed by atoms with E-state index < -0.39 is 11.4 Å². The number of rotatable bonds is 9. The first kappa shape index (κ1) is 20.5. The van der Waals surface area contributed by atoms with Crippen LogP contribution in [-0.2, 0) is 10.5 Å². The normalized spacial score (nSPS) is 11.3. The summed E-state index contributed by atoms with van der Waals surface area (Å²) < 4.78 is 0. The number of thiazole rings is 1. The van der Waals surface area contributed by atoms with Gasteiger partial charge in [0.2, 0.25) is 0 Å². The highest BCUT2D eigenvalue weighted by Gasteiger charge is 2.35.